The second-order valence-electron chi connectivity index (χ2n) is 5.07. The first-order valence-corrected chi connectivity index (χ1v) is 7.45. The summed E-state index contributed by atoms with van der Waals surface area (Å²) in [6.07, 6.45) is 1.58. The van der Waals surface area contributed by atoms with Crippen LogP contribution in [0.5, 0.6) is 0 Å². The molecule has 1 aromatic rings. The lowest BCUT2D eigenvalue weighted by molar-refractivity contribution is -0.125. The average Bonchev–Trinajstić information content (AvgIpc) is 2.50. The van der Waals surface area contributed by atoms with Gasteiger partial charge in [0.25, 0.3) is 5.91 Å². The normalized spacial score (nSPS) is 18.4. The second kappa shape index (κ2) is 6.54. The van der Waals surface area contributed by atoms with Gasteiger partial charge in [0.2, 0.25) is 5.91 Å². The largest absolute Gasteiger partial charge is 0.397 e. The van der Waals surface area contributed by atoms with Crippen LogP contribution in [0.1, 0.15) is 23.2 Å². The van der Waals surface area contributed by atoms with Crippen molar-refractivity contribution in [2.24, 2.45) is 5.92 Å². The van der Waals surface area contributed by atoms with Crippen molar-refractivity contribution in [3.63, 3.8) is 0 Å². The standard InChI is InChI=1S/C14H17Cl2N3O2/c1-18-13(20)8-3-2-4-19(7-8)14(21)9-5-10(15)12(16)11(17)6-9/h5-6,8H,2-4,7,17H2,1H3,(H,18,20). The van der Waals surface area contributed by atoms with Crippen LogP contribution in [0.4, 0.5) is 5.69 Å². The lowest BCUT2D eigenvalue weighted by atomic mass is 9.96. The minimum atomic E-state index is -0.186. The third-order valence-corrected chi connectivity index (χ3v) is 4.45. The molecule has 1 fully saturated rings. The van der Waals surface area contributed by atoms with E-state index in [1.54, 1.807) is 11.9 Å². The number of nitrogen functional groups attached to an aromatic ring is 1. The molecule has 0 radical (unpaired) electrons. The molecule has 1 unspecified atom stereocenters. The number of nitrogens with one attached hydrogen (secondary N) is 1. The molecule has 7 heteroatoms. The molecule has 1 heterocycles. The zero-order chi connectivity index (χ0) is 15.6. The Bertz CT molecular complexity index is 554. The number of nitrogens with two attached hydrogens (primary N) is 1. The lowest BCUT2D eigenvalue weighted by Gasteiger charge is -2.32. The predicted octanol–water partition coefficient (Wildman–Crippen LogP) is 2.17. The van der Waals surface area contributed by atoms with E-state index in [1.165, 1.54) is 12.1 Å². The van der Waals surface area contributed by atoms with Crippen LogP contribution in [-0.2, 0) is 4.79 Å². The fourth-order valence-corrected chi connectivity index (χ4v) is 2.83. The fourth-order valence-electron chi connectivity index (χ4n) is 2.50. The average molecular weight is 330 g/mol. The van der Waals surface area contributed by atoms with Crippen molar-refractivity contribution < 1.29 is 9.59 Å². The number of likely N-dealkylation sites (tertiary alicyclic amines) is 1. The molecule has 0 spiro atoms. The van der Waals surface area contributed by atoms with Gasteiger partial charge in [0.1, 0.15) is 0 Å². The molecule has 1 atom stereocenters. The maximum absolute atomic E-state index is 12.5. The van der Waals surface area contributed by atoms with E-state index in [2.05, 4.69) is 5.32 Å². The van der Waals surface area contributed by atoms with Crippen molar-refractivity contribution >= 4 is 40.7 Å². The number of benzene rings is 1. The Hall–Kier alpha value is -1.46. The molecule has 2 rings (SSSR count). The van der Waals surface area contributed by atoms with E-state index >= 15 is 0 Å². The molecular weight excluding hydrogens is 313 g/mol. The van der Waals surface area contributed by atoms with Crippen molar-refractivity contribution in [3.05, 3.63) is 27.7 Å². The maximum atomic E-state index is 12.5. The molecule has 3 N–H and O–H groups in total. The third-order valence-electron chi connectivity index (χ3n) is 3.63. The Balaban J connectivity index is 2.18. The Kier molecular flexibility index (Phi) is 4.96. The molecule has 0 saturated carbocycles. The molecule has 2 amide bonds. The predicted molar refractivity (Wildman–Crippen MR) is 83.6 cm³/mol. The minimum absolute atomic E-state index is 0.0406. The Morgan fingerprint density at radius 1 is 1.38 bits per heavy atom. The van der Waals surface area contributed by atoms with Gasteiger partial charge in [-0.2, -0.15) is 0 Å². The van der Waals surface area contributed by atoms with Crippen LogP contribution in [0.25, 0.3) is 0 Å². The SMILES string of the molecule is CNC(=O)C1CCCN(C(=O)c2cc(N)c(Cl)c(Cl)c2)C1. The molecule has 114 valence electrons. The van der Waals surface area contributed by atoms with Gasteiger partial charge >= 0.3 is 0 Å². The number of nitrogens with zero attached hydrogens (tertiary/aromatic N) is 1. The molecule has 5 nitrogen and oxygen atoms in total. The molecule has 21 heavy (non-hydrogen) atoms. The van der Waals surface area contributed by atoms with Gasteiger partial charge < -0.3 is 16.0 Å². The number of halogens is 2. The highest BCUT2D eigenvalue weighted by Gasteiger charge is 2.28. The number of hydrogen-bond acceptors (Lipinski definition) is 3. The van der Waals surface area contributed by atoms with Crippen LogP contribution < -0.4 is 11.1 Å². The van der Waals surface area contributed by atoms with Crippen LogP contribution in [-0.4, -0.2) is 36.9 Å². The van der Waals surface area contributed by atoms with E-state index in [0.29, 0.717) is 18.7 Å². The Labute approximate surface area is 133 Å². The number of amides is 2. The zero-order valence-electron chi connectivity index (χ0n) is 11.7. The monoisotopic (exact) mass is 329 g/mol. The summed E-state index contributed by atoms with van der Waals surface area (Å²) in [6.45, 7) is 1.02. The summed E-state index contributed by atoms with van der Waals surface area (Å²) in [7, 11) is 1.60. The van der Waals surface area contributed by atoms with Crippen molar-refractivity contribution in [2.75, 3.05) is 25.9 Å². The topological polar surface area (TPSA) is 75.4 Å². The van der Waals surface area contributed by atoms with Gasteiger partial charge in [0.05, 0.1) is 21.7 Å². The maximum Gasteiger partial charge on any atom is 0.254 e. The molecule has 0 bridgehead atoms. The van der Waals surface area contributed by atoms with Crippen molar-refractivity contribution in [3.8, 4) is 0 Å². The number of carbonyl (C=O) groups is 2. The van der Waals surface area contributed by atoms with Gasteiger partial charge in [-0.1, -0.05) is 23.2 Å². The zero-order valence-corrected chi connectivity index (χ0v) is 13.2. The van der Waals surface area contributed by atoms with E-state index in [1.807, 2.05) is 0 Å². The summed E-state index contributed by atoms with van der Waals surface area (Å²) in [6, 6.07) is 3.02. The van der Waals surface area contributed by atoms with Crippen LogP contribution in [0.15, 0.2) is 12.1 Å². The highest BCUT2D eigenvalue weighted by molar-refractivity contribution is 6.43. The molecule has 1 aromatic carbocycles. The van der Waals surface area contributed by atoms with Crippen LogP contribution >= 0.6 is 23.2 Å². The van der Waals surface area contributed by atoms with E-state index in [-0.39, 0.29) is 33.5 Å². The van der Waals surface area contributed by atoms with Crippen molar-refractivity contribution in [1.29, 1.82) is 0 Å². The van der Waals surface area contributed by atoms with Gasteiger partial charge in [-0.15, -0.1) is 0 Å². The molecule has 1 saturated heterocycles. The van der Waals surface area contributed by atoms with Crippen LogP contribution in [0.2, 0.25) is 10.0 Å². The quantitative estimate of drug-likeness (QED) is 0.816. The van der Waals surface area contributed by atoms with Gasteiger partial charge in [0, 0.05) is 25.7 Å². The summed E-state index contributed by atoms with van der Waals surface area (Å²) in [4.78, 5) is 25.9. The number of carbonyl (C=O) groups excluding carboxylic acids is 2. The number of hydrogen-bond donors (Lipinski definition) is 2. The van der Waals surface area contributed by atoms with Crippen LogP contribution in [0.3, 0.4) is 0 Å². The number of piperidine rings is 1. The summed E-state index contributed by atoms with van der Waals surface area (Å²) in [5.74, 6) is -0.400. The molecule has 0 aromatic heterocycles. The first kappa shape index (κ1) is 15.9. The van der Waals surface area contributed by atoms with Gasteiger partial charge in [-0.05, 0) is 25.0 Å². The Morgan fingerprint density at radius 3 is 2.71 bits per heavy atom. The Morgan fingerprint density at radius 2 is 2.10 bits per heavy atom. The second-order valence-corrected chi connectivity index (χ2v) is 5.85. The fraction of sp³-hybridized carbons (Fsp3) is 0.429. The minimum Gasteiger partial charge on any atom is -0.397 e. The highest BCUT2D eigenvalue weighted by atomic mass is 35.5. The lowest BCUT2D eigenvalue weighted by Crippen LogP contribution is -2.44. The van der Waals surface area contributed by atoms with Gasteiger partial charge in [0.15, 0.2) is 0 Å². The van der Waals surface area contributed by atoms with Gasteiger partial charge in [-0.25, -0.2) is 0 Å². The molecular formula is C14H17Cl2N3O2. The van der Waals surface area contributed by atoms with Crippen LogP contribution in [0, 0.1) is 5.92 Å². The summed E-state index contributed by atoms with van der Waals surface area (Å²) in [5, 5.41) is 3.12. The first-order chi connectivity index (χ1) is 9.93. The van der Waals surface area contributed by atoms with Crippen molar-refractivity contribution in [1.82, 2.24) is 10.2 Å². The molecule has 1 aliphatic rings. The molecule has 0 aliphatic carbocycles. The number of anilines is 1. The molecule has 1 aliphatic heterocycles. The number of rotatable bonds is 2. The van der Waals surface area contributed by atoms with E-state index in [0.717, 1.165) is 12.8 Å². The summed E-state index contributed by atoms with van der Waals surface area (Å²) < 4.78 is 0. The van der Waals surface area contributed by atoms with E-state index in [4.69, 9.17) is 28.9 Å². The van der Waals surface area contributed by atoms with Gasteiger partial charge in [-0.3, -0.25) is 9.59 Å². The first-order valence-electron chi connectivity index (χ1n) is 6.69. The van der Waals surface area contributed by atoms with E-state index in [9.17, 15) is 9.59 Å². The smallest absolute Gasteiger partial charge is 0.254 e. The summed E-state index contributed by atoms with van der Waals surface area (Å²) >= 11 is 11.8. The highest BCUT2D eigenvalue weighted by Crippen LogP contribution is 2.30. The summed E-state index contributed by atoms with van der Waals surface area (Å²) in [5.41, 5.74) is 6.39. The van der Waals surface area contributed by atoms with E-state index < -0.39 is 0 Å². The van der Waals surface area contributed by atoms with Crippen molar-refractivity contribution in [2.45, 2.75) is 12.8 Å². The third kappa shape index (κ3) is 3.41.